The van der Waals surface area contributed by atoms with Crippen LogP contribution < -0.4 is 10.6 Å². The van der Waals surface area contributed by atoms with Gasteiger partial charge in [0, 0.05) is 26.2 Å². The predicted molar refractivity (Wildman–Crippen MR) is 102 cm³/mol. The molecule has 0 saturated heterocycles. The molecule has 5 nitrogen and oxygen atoms in total. The van der Waals surface area contributed by atoms with Crippen molar-refractivity contribution >= 4 is 35.8 Å². The molecular formula is C16H26FIN4O. The minimum Gasteiger partial charge on any atom is -0.356 e. The highest BCUT2D eigenvalue weighted by Gasteiger charge is 2.07. The van der Waals surface area contributed by atoms with Crippen LogP contribution in [0.5, 0.6) is 0 Å². The first-order valence-corrected chi connectivity index (χ1v) is 7.36. The van der Waals surface area contributed by atoms with Gasteiger partial charge in [0.25, 0.3) is 0 Å². The molecule has 130 valence electrons. The largest absolute Gasteiger partial charge is 0.356 e. The number of aliphatic imine (C=N–C) groups is 1. The van der Waals surface area contributed by atoms with E-state index in [1.165, 1.54) is 11.0 Å². The van der Waals surface area contributed by atoms with Gasteiger partial charge >= 0.3 is 0 Å². The van der Waals surface area contributed by atoms with Gasteiger partial charge in [-0.05, 0) is 12.0 Å². The van der Waals surface area contributed by atoms with Gasteiger partial charge in [-0.1, -0.05) is 32.0 Å². The maximum Gasteiger partial charge on any atom is 0.241 e. The van der Waals surface area contributed by atoms with E-state index in [0.29, 0.717) is 17.4 Å². The van der Waals surface area contributed by atoms with Crippen molar-refractivity contribution in [2.45, 2.75) is 20.4 Å². The molecule has 0 bridgehead atoms. The van der Waals surface area contributed by atoms with Gasteiger partial charge < -0.3 is 15.5 Å². The summed E-state index contributed by atoms with van der Waals surface area (Å²) in [6.07, 6.45) is 0. The van der Waals surface area contributed by atoms with Gasteiger partial charge in [0.05, 0.1) is 13.1 Å². The summed E-state index contributed by atoms with van der Waals surface area (Å²) in [4.78, 5) is 17.5. The van der Waals surface area contributed by atoms with Gasteiger partial charge in [0.15, 0.2) is 5.96 Å². The Morgan fingerprint density at radius 1 is 1.26 bits per heavy atom. The van der Waals surface area contributed by atoms with E-state index in [4.69, 9.17) is 0 Å². The van der Waals surface area contributed by atoms with Crippen molar-refractivity contribution in [2.75, 3.05) is 27.2 Å². The van der Waals surface area contributed by atoms with Crippen molar-refractivity contribution in [3.05, 3.63) is 35.6 Å². The molecule has 0 saturated carbocycles. The summed E-state index contributed by atoms with van der Waals surface area (Å²) in [6, 6.07) is 6.53. The molecule has 1 rings (SSSR count). The van der Waals surface area contributed by atoms with E-state index in [9.17, 15) is 9.18 Å². The number of amides is 1. The molecule has 0 heterocycles. The van der Waals surface area contributed by atoms with E-state index < -0.39 is 0 Å². The molecule has 0 aliphatic rings. The fourth-order valence-electron chi connectivity index (χ4n) is 1.58. The number of guanidine groups is 1. The number of benzene rings is 1. The van der Waals surface area contributed by atoms with Crippen LogP contribution in [0.3, 0.4) is 0 Å². The van der Waals surface area contributed by atoms with Gasteiger partial charge in [0.2, 0.25) is 5.91 Å². The van der Waals surface area contributed by atoms with Crippen molar-refractivity contribution in [3.63, 3.8) is 0 Å². The number of halogens is 2. The van der Waals surface area contributed by atoms with E-state index >= 15 is 0 Å². The predicted octanol–water partition coefficient (Wildman–Crippen LogP) is 2.22. The summed E-state index contributed by atoms with van der Waals surface area (Å²) in [6.45, 7) is 5.24. The fourth-order valence-corrected chi connectivity index (χ4v) is 1.58. The number of hydrogen-bond acceptors (Lipinski definition) is 2. The molecule has 0 fully saturated rings. The molecule has 1 amide bonds. The monoisotopic (exact) mass is 436 g/mol. The van der Waals surface area contributed by atoms with Crippen LogP contribution in [0.15, 0.2) is 29.3 Å². The minimum absolute atomic E-state index is 0. The van der Waals surface area contributed by atoms with E-state index in [0.717, 1.165) is 6.54 Å². The van der Waals surface area contributed by atoms with Crippen molar-refractivity contribution in [1.29, 1.82) is 0 Å². The van der Waals surface area contributed by atoms with Crippen LogP contribution >= 0.6 is 24.0 Å². The number of carbonyl (C=O) groups excluding carboxylic acids is 1. The Labute approximate surface area is 154 Å². The maximum atomic E-state index is 13.6. The average molecular weight is 436 g/mol. The topological polar surface area (TPSA) is 56.7 Å². The minimum atomic E-state index is -0.279. The zero-order valence-corrected chi connectivity index (χ0v) is 16.4. The van der Waals surface area contributed by atoms with Crippen molar-refractivity contribution < 1.29 is 9.18 Å². The van der Waals surface area contributed by atoms with Crippen LogP contribution in [0.1, 0.15) is 19.4 Å². The Balaban J connectivity index is 0.00000484. The first-order valence-electron chi connectivity index (χ1n) is 7.36. The van der Waals surface area contributed by atoms with Crippen molar-refractivity contribution in [1.82, 2.24) is 15.5 Å². The van der Waals surface area contributed by atoms with Crippen molar-refractivity contribution in [3.8, 4) is 0 Å². The molecule has 0 unspecified atom stereocenters. The molecule has 2 N–H and O–H groups in total. The SMILES string of the molecule is CC(C)CNC(=NCc1ccccc1F)NCC(=O)N(C)C.I. The van der Waals surface area contributed by atoms with Gasteiger partial charge in [-0.25, -0.2) is 9.38 Å². The smallest absolute Gasteiger partial charge is 0.241 e. The molecule has 7 heteroatoms. The van der Waals surface area contributed by atoms with Crippen LogP contribution in [0.2, 0.25) is 0 Å². The second kappa shape index (κ2) is 11.2. The third-order valence-corrected chi connectivity index (χ3v) is 2.95. The number of likely N-dealkylation sites (N-methyl/N-ethyl adjacent to an activating group) is 1. The van der Waals surface area contributed by atoms with E-state index in [1.54, 1.807) is 32.3 Å². The number of rotatable bonds is 6. The van der Waals surface area contributed by atoms with Crippen LogP contribution in [-0.2, 0) is 11.3 Å². The van der Waals surface area contributed by atoms with Crippen LogP contribution in [0.4, 0.5) is 4.39 Å². The molecule has 0 aromatic heterocycles. The van der Waals surface area contributed by atoms with Gasteiger partial charge in [0.1, 0.15) is 5.82 Å². The Kier molecular flexibility index (Phi) is 10.5. The normalized spacial score (nSPS) is 11.0. The summed E-state index contributed by atoms with van der Waals surface area (Å²) in [7, 11) is 3.39. The third kappa shape index (κ3) is 8.73. The molecule has 1 aromatic rings. The first-order chi connectivity index (χ1) is 10.4. The summed E-state index contributed by atoms with van der Waals surface area (Å²) < 4.78 is 13.6. The zero-order valence-electron chi connectivity index (χ0n) is 14.1. The van der Waals surface area contributed by atoms with Gasteiger partial charge in [-0.15, -0.1) is 24.0 Å². The summed E-state index contributed by atoms with van der Waals surface area (Å²) in [5.74, 6) is 0.612. The second-order valence-corrected chi connectivity index (χ2v) is 5.67. The van der Waals surface area contributed by atoms with E-state index in [2.05, 4.69) is 29.5 Å². The Morgan fingerprint density at radius 2 is 1.91 bits per heavy atom. The van der Waals surface area contributed by atoms with E-state index in [-0.39, 0.29) is 48.8 Å². The number of carbonyl (C=O) groups is 1. The third-order valence-electron chi connectivity index (χ3n) is 2.95. The number of nitrogens with zero attached hydrogens (tertiary/aromatic N) is 2. The molecule has 0 aliphatic carbocycles. The Hall–Kier alpha value is -1.38. The van der Waals surface area contributed by atoms with Gasteiger partial charge in [-0.2, -0.15) is 0 Å². The first kappa shape index (κ1) is 21.6. The lowest BCUT2D eigenvalue weighted by Crippen LogP contribution is -2.44. The molecule has 23 heavy (non-hydrogen) atoms. The fraction of sp³-hybridized carbons (Fsp3) is 0.500. The second-order valence-electron chi connectivity index (χ2n) is 5.67. The summed E-state index contributed by atoms with van der Waals surface area (Å²) >= 11 is 0. The maximum absolute atomic E-state index is 13.6. The van der Waals surface area contributed by atoms with Crippen molar-refractivity contribution in [2.24, 2.45) is 10.9 Å². The lowest BCUT2D eigenvalue weighted by Gasteiger charge is -2.16. The van der Waals surface area contributed by atoms with Crippen LogP contribution in [-0.4, -0.2) is 44.0 Å². The highest BCUT2D eigenvalue weighted by atomic mass is 127. The van der Waals surface area contributed by atoms with Gasteiger partial charge in [-0.3, -0.25) is 4.79 Å². The standard InChI is InChI=1S/C16H25FN4O.HI/c1-12(2)9-18-16(20-11-15(22)21(3)4)19-10-13-7-5-6-8-14(13)17;/h5-8,12H,9-11H2,1-4H3,(H2,18,19,20);1H. The lowest BCUT2D eigenvalue weighted by atomic mass is 10.2. The number of nitrogens with one attached hydrogen (secondary N) is 2. The summed E-state index contributed by atoms with van der Waals surface area (Å²) in [5, 5.41) is 6.12. The molecule has 0 radical (unpaired) electrons. The lowest BCUT2D eigenvalue weighted by molar-refractivity contribution is -0.127. The molecule has 1 aromatic carbocycles. The molecule has 0 aliphatic heterocycles. The Morgan fingerprint density at radius 3 is 2.48 bits per heavy atom. The average Bonchev–Trinajstić information content (AvgIpc) is 2.47. The summed E-state index contributed by atoms with van der Waals surface area (Å²) in [5.41, 5.74) is 0.520. The van der Waals surface area contributed by atoms with Crippen LogP contribution in [0.25, 0.3) is 0 Å². The van der Waals surface area contributed by atoms with Crippen LogP contribution in [0, 0.1) is 11.7 Å². The molecular weight excluding hydrogens is 410 g/mol. The quantitative estimate of drug-likeness (QED) is 0.409. The number of hydrogen-bond donors (Lipinski definition) is 2. The highest BCUT2D eigenvalue weighted by molar-refractivity contribution is 14.0. The zero-order chi connectivity index (χ0) is 16.5. The Bertz CT molecular complexity index is 521. The van der Waals surface area contributed by atoms with E-state index in [1.807, 2.05) is 0 Å². The molecule has 0 spiro atoms. The molecule has 0 atom stereocenters. The highest BCUT2D eigenvalue weighted by Crippen LogP contribution is 2.07.